The van der Waals surface area contributed by atoms with Gasteiger partial charge in [0, 0.05) is 20.1 Å². The number of hydrogen-bond donors (Lipinski definition) is 0. The highest BCUT2D eigenvalue weighted by molar-refractivity contribution is 5.79. The van der Waals surface area contributed by atoms with Crippen molar-refractivity contribution >= 4 is 16.8 Å². The van der Waals surface area contributed by atoms with Crippen LogP contribution in [0.15, 0.2) is 29.1 Å². The smallest absolute Gasteiger partial charge is 0.261 e. The number of para-hydroxylation sites is 1. The monoisotopic (exact) mass is 387 g/mol. The number of benzene rings is 1. The Bertz CT molecular complexity index is 847. The Kier molecular flexibility index (Phi) is 8.18. The summed E-state index contributed by atoms with van der Waals surface area (Å²) in [6, 6.07) is 7.03. The van der Waals surface area contributed by atoms with Gasteiger partial charge in [-0.2, -0.15) is 0 Å². The van der Waals surface area contributed by atoms with Crippen molar-refractivity contribution in [1.29, 1.82) is 0 Å². The lowest BCUT2D eigenvalue weighted by Crippen LogP contribution is -2.38. The Morgan fingerprint density at radius 3 is 2.64 bits per heavy atom. The molecule has 0 bridgehead atoms. The maximum Gasteiger partial charge on any atom is 0.261 e. The molecule has 2 aromatic rings. The molecule has 1 aromatic carbocycles. The van der Waals surface area contributed by atoms with Crippen LogP contribution in [0.1, 0.15) is 58.3 Å². The summed E-state index contributed by atoms with van der Waals surface area (Å²) < 4.78 is 6.83. The molecule has 6 nitrogen and oxygen atoms in total. The molecule has 1 aromatic heterocycles. The Morgan fingerprint density at radius 2 is 2.00 bits per heavy atom. The van der Waals surface area contributed by atoms with Crippen LogP contribution in [-0.2, 0) is 16.1 Å². The lowest BCUT2D eigenvalue weighted by atomic mass is 9.97. The predicted octanol–water partition coefficient (Wildman–Crippen LogP) is 3.78. The van der Waals surface area contributed by atoms with Crippen molar-refractivity contribution in [2.24, 2.45) is 5.92 Å². The maximum absolute atomic E-state index is 13.1. The third-order valence-corrected chi connectivity index (χ3v) is 5.46. The molecular formula is C22H33N3O3. The van der Waals surface area contributed by atoms with Crippen molar-refractivity contribution in [3.05, 3.63) is 40.4 Å². The van der Waals surface area contributed by atoms with Crippen LogP contribution in [-0.4, -0.2) is 41.1 Å². The van der Waals surface area contributed by atoms with Gasteiger partial charge in [0.1, 0.15) is 5.82 Å². The van der Waals surface area contributed by atoms with Crippen LogP contribution < -0.4 is 5.56 Å². The molecule has 0 fully saturated rings. The maximum atomic E-state index is 13.1. The molecule has 0 saturated heterocycles. The fraction of sp³-hybridized carbons (Fsp3) is 0.591. The molecule has 0 saturated carbocycles. The quantitative estimate of drug-likeness (QED) is 0.622. The van der Waals surface area contributed by atoms with Crippen LogP contribution in [0.2, 0.25) is 0 Å². The van der Waals surface area contributed by atoms with Crippen LogP contribution in [0.4, 0.5) is 0 Å². The van der Waals surface area contributed by atoms with Crippen LogP contribution in [0.3, 0.4) is 0 Å². The number of amides is 1. The molecular weight excluding hydrogens is 354 g/mol. The van der Waals surface area contributed by atoms with E-state index >= 15 is 0 Å². The standard InChI is InChI=1S/C22H33N3O3/c1-6-8-11-17(7-2)21(26)24(4)16(3)20-23-19-13-10-9-12-18(19)22(27)25(20)14-15-28-5/h9-10,12-13,16-17H,6-8,11,14-15H2,1-5H3. The Hall–Kier alpha value is -2.21. The average molecular weight is 388 g/mol. The number of fused-ring (bicyclic) bond motifs is 1. The first-order valence-corrected chi connectivity index (χ1v) is 10.2. The van der Waals surface area contributed by atoms with Crippen molar-refractivity contribution in [1.82, 2.24) is 14.5 Å². The van der Waals surface area contributed by atoms with Gasteiger partial charge < -0.3 is 9.64 Å². The molecule has 2 rings (SSSR count). The van der Waals surface area contributed by atoms with Crippen molar-refractivity contribution < 1.29 is 9.53 Å². The average Bonchev–Trinajstić information content (AvgIpc) is 2.72. The van der Waals surface area contributed by atoms with Crippen molar-refractivity contribution in [2.45, 2.75) is 59.0 Å². The van der Waals surface area contributed by atoms with E-state index in [0.717, 1.165) is 25.7 Å². The second kappa shape index (κ2) is 10.4. The minimum atomic E-state index is -0.308. The first-order valence-electron chi connectivity index (χ1n) is 10.2. The lowest BCUT2D eigenvalue weighted by molar-refractivity contribution is -0.136. The Morgan fingerprint density at radius 1 is 1.29 bits per heavy atom. The third-order valence-electron chi connectivity index (χ3n) is 5.46. The lowest BCUT2D eigenvalue weighted by Gasteiger charge is -2.30. The van der Waals surface area contributed by atoms with Crippen molar-refractivity contribution in [3.63, 3.8) is 0 Å². The number of hydrogen-bond acceptors (Lipinski definition) is 4. The summed E-state index contributed by atoms with van der Waals surface area (Å²) >= 11 is 0. The zero-order chi connectivity index (χ0) is 20.7. The SMILES string of the molecule is CCCCC(CC)C(=O)N(C)C(C)c1nc2ccccc2c(=O)n1CCOC. The third kappa shape index (κ3) is 4.79. The van der Waals surface area contributed by atoms with E-state index in [-0.39, 0.29) is 23.4 Å². The zero-order valence-electron chi connectivity index (χ0n) is 17.8. The first-order chi connectivity index (χ1) is 13.5. The number of ether oxygens (including phenoxy) is 1. The molecule has 0 spiro atoms. The van der Waals surface area contributed by atoms with E-state index < -0.39 is 0 Å². The van der Waals surface area contributed by atoms with Crippen LogP contribution in [0.25, 0.3) is 10.9 Å². The summed E-state index contributed by atoms with van der Waals surface area (Å²) in [6.07, 6.45) is 3.83. The van der Waals surface area contributed by atoms with Gasteiger partial charge in [0.05, 0.1) is 30.1 Å². The van der Waals surface area contributed by atoms with Gasteiger partial charge in [0.15, 0.2) is 0 Å². The minimum Gasteiger partial charge on any atom is -0.383 e. The number of nitrogens with zero attached hydrogens (tertiary/aromatic N) is 3. The Balaban J connectivity index is 2.43. The number of unbranched alkanes of at least 4 members (excludes halogenated alkanes) is 1. The van der Waals surface area contributed by atoms with Crippen molar-refractivity contribution in [3.8, 4) is 0 Å². The van der Waals surface area contributed by atoms with Gasteiger partial charge in [-0.15, -0.1) is 0 Å². The van der Waals surface area contributed by atoms with Gasteiger partial charge in [0.25, 0.3) is 5.56 Å². The molecule has 1 heterocycles. The largest absolute Gasteiger partial charge is 0.383 e. The molecule has 6 heteroatoms. The topological polar surface area (TPSA) is 64.4 Å². The summed E-state index contributed by atoms with van der Waals surface area (Å²) in [4.78, 5) is 32.6. The number of methoxy groups -OCH3 is 1. The Labute approximate surface area is 167 Å². The highest BCUT2D eigenvalue weighted by atomic mass is 16.5. The van der Waals surface area contributed by atoms with E-state index in [4.69, 9.17) is 9.72 Å². The second-order valence-corrected chi connectivity index (χ2v) is 7.31. The number of carbonyl (C=O) groups excluding carboxylic acids is 1. The zero-order valence-corrected chi connectivity index (χ0v) is 17.8. The molecule has 2 unspecified atom stereocenters. The van der Waals surface area contributed by atoms with E-state index in [0.29, 0.717) is 29.9 Å². The van der Waals surface area contributed by atoms with E-state index in [9.17, 15) is 9.59 Å². The van der Waals surface area contributed by atoms with E-state index in [2.05, 4.69) is 13.8 Å². The van der Waals surface area contributed by atoms with E-state index in [1.165, 1.54) is 0 Å². The summed E-state index contributed by atoms with van der Waals surface area (Å²) in [6.45, 7) is 6.94. The molecule has 0 N–H and O–H groups in total. The molecule has 154 valence electrons. The molecule has 0 aliphatic heterocycles. The van der Waals surface area contributed by atoms with Crippen LogP contribution in [0.5, 0.6) is 0 Å². The minimum absolute atomic E-state index is 0.00648. The van der Waals surface area contributed by atoms with E-state index in [1.807, 2.05) is 32.2 Å². The second-order valence-electron chi connectivity index (χ2n) is 7.31. The number of carbonyl (C=O) groups is 1. The van der Waals surface area contributed by atoms with Gasteiger partial charge in [-0.1, -0.05) is 38.8 Å². The van der Waals surface area contributed by atoms with Crippen molar-refractivity contribution in [2.75, 3.05) is 20.8 Å². The predicted molar refractivity (Wildman–Crippen MR) is 112 cm³/mol. The van der Waals surface area contributed by atoms with Gasteiger partial charge in [0.2, 0.25) is 5.91 Å². The normalized spacial score (nSPS) is 13.5. The summed E-state index contributed by atoms with van der Waals surface area (Å²) in [5.74, 6) is 0.720. The first kappa shape index (κ1) is 22.1. The molecule has 1 amide bonds. The summed E-state index contributed by atoms with van der Waals surface area (Å²) in [7, 11) is 3.42. The van der Waals surface area contributed by atoms with Gasteiger partial charge in [-0.25, -0.2) is 4.98 Å². The van der Waals surface area contributed by atoms with Crippen LogP contribution >= 0.6 is 0 Å². The summed E-state index contributed by atoms with van der Waals surface area (Å²) in [5.41, 5.74) is 0.560. The fourth-order valence-electron chi connectivity index (χ4n) is 3.51. The van der Waals surface area contributed by atoms with Crippen LogP contribution in [0, 0.1) is 5.92 Å². The van der Waals surface area contributed by atoms with Gasteiger partial charge in [-0.3, -0.25) is 14.2 Å². The number of aromatic nitrogens is 2. The molecule has 0 aliphatic rings. The fourth-order valence-corrected chi connectivity index (χ4v) is 3.51. The molecule has 2 atom stereocenters. The molecule has 0 radical (unpaired) electrons. The molecule has 0 aliphatic carbocycles. The highest BCUT2D eigenvalue weighted by Crippen LogP contribution is 2.23. The molecule has 28 heavy (non-hydrogen) atoms. The summed E-state index contributed by atoms with van der Waals surface area (Å²) in [5, 5.41) is 0.581. The highest BCUT2D eigenvalue weighted by Gasteiger charge is 2.27. The van der Waals surface area contributed by atoms with E-state index in [1.54, 1.807) is 22.6 Å². The number of rotatable bonds is 10. The van der Waals surface area contributed by atoms with Gasteiger partial charge >= 0.3 is 0 Å². The van der Waals surface area contributed by atoms with Gasteiger partial charge in [-0.05, 0) is 31.9 Å².